The van der Waals surface area contributed by atoms with Crippen molar-refractivity contribution in [3.63, 3.8) is 0 Å². The highest BCUT2D eigenvalue weighted by atomic mass is 16.5. The van der Waals surface area contributed by atoms with Gasteiger partial charge in [-0.1, -0.05) is 19.0 Å². The molecule has 4 heteroatoms. The molecule has 1 aromatic heterocycles. The first-order valence-electron chi connectivity index (χ1n) is 5.11. The lowest BCUT2D eigenvalue weighted by Gasteiger charge is -2.18. The van der Waals surface area contributed by atoms with Gasteiger partial charge in [0.05, 0.1) is 5.69 Å². The Morgan fingerprint density at radius 2 is 2.07 bits per heavy atom. The van der Waals surface area contributed by atoms with Gasteiger partial charge in [0.25, 0.3) is 5.91 Å². The van der Waals surface area contributed by atoms with Crippen molar-refractivity contribution in [1.29, 1.82) is 0 Å². The van der Waals surface area contributed by atoms with Gasteiger partial charge in [-0.05, 0) is 19.8 Å². The second-order valence-electron chi connectivity index (χ2n) is 4.28. The van der Waals surface area contributed by atoms with Crippen molar-refractivity contribution >= 4 is 5.91 Å². The number of aryl methyl sites for hydroxylation is 2. The normalized spacial score (nSPS) is 10.8. The van der Waals surface area contributed by atoms with Gasteiger partial charge in [0.15, 0.2) is 0 Å². The quantitative estimate of drug-likeness (QED) is 0.766. The molecule has 1 rings (SSSR count). The van der Waals surface area contributed by atoms with Crippen molar-refractivity contribution in [3.8, 4) is 0 Å². The summed E-state index contributed by atoms with van der Waals surface area (Å²) >= 11 is 0. The molecule has 0 unspecified atom stereocenters. The minimum atomic E-state index is -0.0139. The maximum Gasteiger partial charge on any atom is 0.259 e. The summed E-state index contributed by atoms with van der Waals surface area (Å²) in [4.78, 5) is 13.7. The van der Waals surface area contributed by atoms with Crippen molar-refractivity contribution in [1.82, 2.24) is 10.1 Å². The van der Waals surface area contributed by atoms with Crippen LogP contribution in [-0.2, 0) is 0 Å². The Morgan fingerprint density at radius 3 is 2.47 bits per heavy atom. The van der Waals surface area contributed by atoms with Gasteiger partial charge in [0.2, 0.25) is 0 Å². The van der Waals surface area contributed by atoms with Crippen LogP contribution in [0.15, 0.2) is 4.52 Å². The lowest BCUT2D eigenvalue weighted by atomic mass is 10.1. The zero-order valence-electron chi connectivity index (χ0n) is 10.00. The molecule has 0 saturated carbocycles. The standard InChI is InChI=1S/C11H18N2O2/c1-7(2)6-13(5)11(14)10-8(3)12-15-9(10)4/h7H,6H2,1-5H3. The third kappa shape index (κ3) is 2.58. The number of carbonyl (C=O) groups is 1. The average molecular weight is 210 g/mol. The van der Waals surface area contributed by atoms with E-state index < -0.39 is 0 Å². The largest absolute Gasteiger partial charge is 0.361 e. The summed E-state index contributed by atoms with van der Waals surface area (Å²) in [6, 6.07) is 0. The Bertz CT molecular complexity index is 336. The minimum Gasteiger partial charge on any atom is -0.361 e. The molecule has 0 N–H and O–H groups in total. The molecular formula is C11H18N2O2. The molecule has 1 amide bonds. The van der Waals surface area contributed by atoms with Crippen LogP contribution < -0.4 is 0 Å². The summed E-state index contributed by atoms with van der Waals surface area (Å²) in [6.45, 7) is 8.44. The van der Waals surface area contributed by atoms with Crippen LogP contribution >= 0.6 is 0 Å². The smallest absolute Gasteiger partial charge is 0.259 e. The molecule has 0 radical (unpaired) electrons. The van der Waals surface area contributed by atoms with Gasteiger partial charge < -0.3 is 9.42 Å². The molecule has 1 aromatic rings. The van der Waals surface area contributed by atoms with E-state index in [2.05, 4.69) is 19.0 Å². The second-order valence-corrected chi connectivity index (χ2v) is 4.28. The molecule has 0 aliphatic rings. The number of aromatic nitrogens is 1. The van der Waals surface area contributed by atoms with Crippen LogP contribution in [0.1, 0.15) is 35.7 Å². The van der Waals surface area contributed by atoms with Crippen molar-refractivity contribution in [2.75, 3.05) is 13.6 Å². The summed E-state index contributed by atoms with van der Waals surface area (Å²) in [5, 5.41) is 3.78. The van der Waals surface area contributed by atoms with E-state index in [-0.39, 0.29) is 5.91 Å². The number of hydrogen-bond donors (Lipinski definition) is 0. The zero-order chi connectivity index (χ0) is 11.6. The fraction of sp³-hybridized carbons (Fsp3) is 0.636. The molecule has 0 spiro atoms. The van der Waals surface area contributed by atoms with Crippen LogP contribution in [-0.4, -0.2) is 29.6 Å². The molecular weight excluding hydrogens is 192 g/mol. The van der Waals surface area contributed by atoms with E-state index in [1.807, 2.05) is 0 Å². The third-order valence-electron chi connectivity index (χ3n) is 2.23. The van der Waals surface area contributed by atoms with Crippen molar-refractivity contribution in [3.05, 3.63) is 17.0 Å². The number of hydrogen-bond acceptors (Lipinski definition) is 3. The zero-order valence-corrected chi connectivity index (χ0v) is 10.00. The predicted molar refractivity (Wildman–Crippen MR) is 57.8 cm³/mol. The SMILES string of the molecule is Cc1noc(C)c1C(=O)N(C)CC(C)C. The van der Waals surface area contributed by atoms with Gasteiger partial charge in [-0.2, -0.15) is 0 Å². The molecule has 0 aliphatic carbocycles. The van der Waals surface area contributed by atoms with Crippen LogP contribution in [0.5, 0.6) is 0 Å². The molecule has 1 heterocycles. The summed E-state index contributed by atoms with van der Waals surface area (Å²) in [5.41, 5.74) is 1.26. The molecule has 0 aromatic carbocycles. The third-order valence-corrected chi connectivity index (χ3v) is 2.23. The Hall–Kier alpha value is -1.32. The van der Waals surface area contributed by atoms with Crippen LogP contribution in [0.2, 0.25) is 0 Å². The summed E-state index contributed by atoms with van der Waals surface area (Å²) in [6.07, 6.45) is 0. The number of nitrogens with zero attached hydrogens (tertiary/aromatic N) is 2. The molecule has 15 heavy (non-hydrogen) atoms. The highest BCUT2D eigenvalue weighted by molar-refractivity contribution is 5.95. The lowest BCUT2D eigenvalue weighted by molar-refractivity contribution is 0.0777. The van der Waals surface area contributed by atoms with Crippen LogP contribution in [0, 0.1) is 19.8 Å². The Kier molecular flexibility index (Phi) is 3.50. The van der Waals surface area contributed by atoms with Gasteiger partial charge in [-0.15, -0.1) is 0 Å². The first-order chi connectivity index (χ1) is 6.93. The Balaban J connectivity index is 2.85. The van der Waals surface area contributed by atoms with E-state index in [1.54, 1.807) is 25.8 Å². The van der Waals surface area contributed by atoms with E-state index >= 15 is 0 Å². The van der Waals surface area contributed by atoms with Gasteiger partial charge >= 0.3 is 0 Å². The van der Waals surface area contributed by atoms with E-state index in [0.717, 1.165) is 6.54 Å². The maximum atomic E-state index is 12.0. The molecule has 4 nitrogen and oxygen atoms in total. The lowest BCUT2D eigenvalue weighted by Crippen LogP contribution is -2.30. The molecule has 0 fully saturated rings. The van der Waals surface area contributed by atoms with E-state index in [4.69, 9.17) is 4.52 Å². The summed E-state index contributed by atoms with van der Waals surface area (Å²) in [7, 11) is 1.80. The highest BCUT2D eigenvalue weighted by Crippen LogP contribution is 2.14. The van der Waals surface area contributed by atoms with Gasteiger partial charge in [-0.25, -0.2) is 0 Å². The van der Waals surface area contributed by atoms with Crippen LogP contribution in [0.4, 0.5) is 0 Å². The van der Waals surface area contributed by atoms with Crippen molar-refractivity contribution < 1.29 is 9.32 Å². The van der Waals surface area contributed by atoms with Gasteiger partial charge in [-0.3, -0.25) is 4.79 Å². The van der Waals surface area contributed by atoms with Crippen molar-refractivity contribution in [2.24, 2.45) is 5.92 Å². The minimum absolute atomic E-state index is 0.0139. The van der Waals surface area contributed by atoms with Crippen LogP contribution in [0.25, 0.3) is 0 Å². The van der Waals surface area contributed by atoms with Crippen LogP contribution in [0.3, 0.4) is 0 Å². The average Bonchev–Trinajstić information content (AvgIpc) is 2.44. The molecule has 0 bridgehead atoms. The van der Waals surface area contributed by atoms with E-state index in [9.17, 15) is 4.79 Å². The predicted octanol–water partition coefficient (Wildman–Crippen LogP) is 2.02. The highest BCUT2D eigenvalue weighted by Gasteiger charge is 2.21. The fourth-order valence-electron chi connectivity index (χ4n) is 1.61. The topological polar surface area (TPSA) is 46.3 Å². The molecule has 84 valence electrons. The number of amides is 1. The fourth-order valence-corrected chi connectivity index (χ4v) is 1.61. The Labute approximate surface area is 90.2 Å². The summed E-state index contributed by atoms with van der Waals surface area (Å²) < 4.78 is 4.97. The molecule has 0 saturated heterocycles. The van der Waals surface area contributed by atoms with E-state index in [1.165, 1.54) is 0 Å². The summed E-state index contributed by atoms with van der Waals surface area (Å²) in [5.74, 6) is 1.03. The first-order valence-corrected chi connectivity index (χ1v) is 5.11. The Morgan fingerprint density at radius 1 is 1.47 bits per heavy atom. The molecule has 0 atom stereocenters. The van der Waals surface area contributed by atoms with Gasteiger partial charge in [0.1, 0.15) is 11.3 Å². The maximum absolute atomic E-state index is 12.0. The second kappa shape index (κ2) is 4.47. The monoisotopic (exact) mass is 210 g/mol. The van der Waals surface area contributed by atoms with Gasteiger partial charge in [0, 0.05) is 13.6 Å². The van der Waals surface area contributed by atoms with Crippen molar-refractivity contribution in [2.45, 2.75) is 27.7 Å². The number of carbonyl (C=O) groups excluding carboxylic acids is 1. The van der Waals surface area contributed by atoms with E-state index in [0.29, 0.717) is 22.9 Å². The first kappa shape index (κ1) is 11.8. The molecule has 0 aliphatic heterocycles. The number of rotatable bonds is 3.